The zero-order valence-electron chi connectivity index (χ0n) is 20.0. The van der Waals surface area contributed by atoms with E-state index < -0.39 is 0 Å². The van der Waals surface area contributed by atoms with Gasteiger partial charge >= 0.3 is 5.69 Å². The minimum absolute atomic E-state index is 0.172. The lowest BCUT2D eigenvalue weighted by Gasteiger charge is -2.32. The molecule has 0 unspecified atom stereocenters. The van der Waals surface area contributed by atoms with Gasteiger partial charge in [-0.2, -0.15) is 0 Å². The summed E-state index contributed by atoms with van der Waals surface area (Å²) >= 11 is 0. The maximum atomic E-state index is 13.6. The Morgan fingerprint density at radius 3 is 2.00 bits per heavy atom. The topological polar surface area (TPSA) is 30.2 Å². The van der Waals surface area contributed by atoms with Crippen LogP contribution in [0.15, 0.2) is 89.7 Å². The van der Waals surface area contributed by atoms with Gasteiger partial charge in [0.05, 0.1) is 11.0 Å². The molecule has 1 aliphatic rings. The monoisotopic (exact) mass is 453 g/mol. The van der Waals surface area contributed by atoms with Crippen LogP contribution in [0.3, 0.4) is 0 Å². The number of piperidine rings is 1. The van der Waals surface area contributed by atoms with Gasteiger partial charge in [0.2, 0.25) is 0 Å². The molecule has 0 atom stereocenters. The molecular weight excluding hydrogens is 418 g/mol. The Bertz CT molecular complexity index is 1230. The van der Waals surface area contributed by atoms with Crippen molar-refractivity contribution in [2.24, 2.45) is 0 Å². The van der Waals surface area contributed by atoms with Crippen LogP contribution in [0.25, 0.3) is 11.0 Å². The Morgan fingerprint density at radius 1 is 0.676 bits per heavy atom. The van der Waals surface area contributed by atoms with E-state index in [9.17, 15) is 4.79 Å². The lowest BCUT2D eigenvalue weighted by atomic mass is 10.0. The van der Waals surface area contributed by atoms with Gasteiger partial charge < -0.3 is 0 Å². The molecule has 0 aliphatic carbocycles. The predicted octanol–water partition coefficient (Wildman–Crippen LogP) is 6.05. The number of unbranched alkanes of at least 4 members (excludes halogenated alkanes) is 2. The Balaban J connectivity index is 1.23. The van der Waals surface area contributed by atoms with E-state index in [-0.39, 0.29) is 11.7 Å². The first-order chi connectivity index (χ1) is 16.8. The Kier molecular flexibility index (Phi) is 7.25. The fraction of sp³-hybridized carbons (Fsp3) is 0.367. The second-order valence-corrected chi connectivity index (χ2v) is 9.58. The minimum atomic E-state index is 0.172. The van der Waals surface area contributed by atoms with Crippen LogP contribution < -0.4 is 5.69 Å². The van der Waals surface area contributed by atoms with Gasteiger partial charge in [-0.1, -0.05) is 79.2 Å². The number of likely N-dealkylation sites (tertiary alicyclic amines) is 1. The number of benzene rings is 3. The van der Waals surface area contributed by atoms with Crippen molar-refractivity contribution >= 4 is 11.0 Å². The third kappa shape index (κ3) is 5.18. The molecule has 1 fully saturated rings. The Hall–Kier alpha value is -3.11. The number of aryl methyl sites for hydroxylation is 2. The van der Waals surface area contributed by atoms with Crippen molar-refractivity contribution in [1.82, 2.24) is 14.0 Å². The summed E-state index contributed by atoms with van der Waals surface area (Å²) < 4.78 is 4.12. The summed E-state index contributed by atoms with van der Waals surface area (Å²) in [7, 11) is 0. The highest BCUT2D eigenvalue weighted by Gasteiger charge is 2.25. The average Bonchev–Trinajstić information content (AvgIpc) is 3.17. The zero-order chi connectivity index (χ0) is 23.2. The lowest BCUT2D eigenvalue weighted by Crippen LogP contribution is -2.37. The van der Waals surface area contributed by atoms with Crippen molar-refractivity contribution in [2.75, 3.05) is 13.1 Å². The summed E-state index contributed by atoms with van der Waals surface area (Å²) in [5.74, 6) is 0. The van der Waals surface area contributed by atoms with Crippen LogP contribution in [0.4, 0.5) is 0 Å². The molecule has 0 amide bonds. The summed E-state index contributed by atoms with van der Waals surface area (Å²) in [6, 6.07) is 30.0. The molecule has 1 aliphatic heterocycles. The van der Waals surface area contributed by atoms with Crippen molar-refractivity contribution in [1.29, 1.82) is 0 Å². The van der Waals surface area contributed by atoms with E-state index >= 15 is 0 Å². The van der Waals surface area contributed by atoms with Gasteiger partial charge in [-0.05, 0) is 55.4 Å². The fourth-order valence-corrected chi connectivity index (χ4v) is 5.40. The van der Waals surface area contributed by atoms with Gasteiger partial charge in [0.25, 0.3) is 0 Å². The molecule has 0 N–H and O–H groups in total. The van der Waals surface area contributed by atoms with E-state index in [0.717, 1.165) is 75.7 Å². The number of para-hydroxylation sites is 2. The molecule has 0 radical (unpaired) electrons. The molecule has 34 heavy (non-hydrogen) atoms. The van der Waals surface area contributed by atoms with Gasteiger partial charge in [-0.25, -0.2) is 4.79 Å². The molecule has 5 rings (SSSR count). The minimum Gasteiger partial charge on any atom is -0.299 e. The summed E-state index contributed by atoms with van der Waals surface area (Å²) in [5, 5.41) is 0. The normalized spacial score (nSPS) is 15.2. The van der Waals surface area contributed by atoms with Crippen LogP contribution in [0.2, 0.25) is 0 Å². The van der Waals surface area contributed by atoms with Gasteiger partial charge in [0, 0.05) is 32.2 Å². The first-order valence-electron chi connectivity index (χ1n) is 12.8. The molecule has 4 nitrogen and oxygen atoms in total. The first-order valence-corrected chi connectivity index (χ1v) is 12.8. The molecule has 1 saturated heterocycles. The second kappa shape index (κ2) is 10.9. The van der Waals surface area contributed by atoms with Crippen molar-refractivity contribution in [3.63, 3.8) is 0 Å². The molecular formula is C30H35N3O. The molecule has 0 saturated carbocycles. The maximum absolute atomic E-state index is 13.6. The van der Waals surface area contributed by atoms with Gasteiger partial charge in [0.1, 0.15) is 0 Å². The van der Waals surface area contributed by atoms with E-state index in [1.165, 1.54) is 11.1 Å². The van der Waals surface area contributed by atoms with E-state index in [1.807, 2.05) is 4.57 Å². The Morgan fingerprint density at radius 2 is 1.29 bits per heavy atom. The summed E-state index contributed by atoms with van der Waals surface area (Å²) in [4.78, 5) is 16.1. The number of hydrogen-bond donors (Lipinski definition) is 0. The van der Waals surface area contributed by atoms with Gasteiger partial charge in [0.15, 0.2) is 0 Å². The van der Waals surface area contributed by atoms with Crippen LogP contribution in [-0.4, -0.2) is 27.1 Å². The lowest BCUT2D eigenvalue weighted by molar-refractivity contribution is 0.179. The van der Waals surface area contributed by atoms with Crippen LogP contribution in [-0.2, 0) is 19.5 Å². The highest BCUT2D eigenvalue weighted by Crippen LogP contribution is 2.26. The van der Waals surface area contributed by atoms with Crippen LogP contribution in [0, 0.1) is 0 Å². The smallest absolute Gasteiger partial charge is 0.299 e. The van der Waals surface area contributed by atoms with Crippen molar-refractivity contribution < 1.29 is 0 Å². The fourth-order valence-electron chi connectivity index (χ4n) is 5.40. The summed E-state index contributed by atoms with van der Waals surface area (Å²) in [6.07, 6.45) is 6.50. The Labute approximate surface area is 202 Å². The highest BCUT2D eigenvalue weighted by molar-refractivity contribution is 5.76. The number of rotatable bonds is 9. The molecule has 3 aromatic carbocycles. The third-order valence-electron chi connectivity index (χ3n) is 7.23. The largest absolute Gasteiger partial charge is 0.329 e. The molecule has 0 spiro atoms. The third-order valence-corrected chi connectivity index (χ3v) is 7.23. The van der Waals surface area contributed by atoms with Gasteiger partial charge in [-0.3, -0.25) is 14.0 Å². The molecule has 176 valence electrons. The molecule has 2 heterocycles. The van der Waals surface area contributed by atoms with Crippen molar-refractivity contribution in [3.8, 4) is 0 Å². The summed E-state index contributed by atoms with van der Waals surface area (Å²) in [6.45, 7) is 3.86. The van der Waals surface area contributed by atoms with Crippen LogP contribution in [0.1, 0.15) is 49.3 Å². The number of aromatic nitrogens is 2. The van der Waals surface area contributed by atoms with Crippen LogP contribution >= 0.6 is 0 Å². The number of fused-ring (bicyclic) bond motifs is 1. The molecule has 0 bridgehead atoms. The van der Waals surface area contributed by atoms with E-state index in [4.69, 9.17) is 0 Å². The standard InChI is InChI=1S/C30H35N3O/c34-30-32(21-11-3-8-14-25-12-4-1-5-13-25)28-17-9-10-18-29(28)33(30)27-19-22-31(23-20-27)24-26-15-6-2-7-16-26/h1-2,4-7,9-10,12-13,15-18,27H,3,8,11,14,19-24H2. The first kappa shape index (κ1) is 22.7. The van der Waals surface area contributed by atoms with Crippen molar-refractivity contribution in [3.05, 3.63) is 107 Å². The molecule has 4 aromatic rings. The SMILES string of the molecule is O=c1n(CCCCCc2ccccc2)c2ccccc2n1C1CCN(Cc2ccccc2)CC1. The van der Waals surface area contributed by atoms with Gasteiger partial charge in [-0.15, -0.1) is 0 Å². The summed E-state index contributed by atoms with van der Waals surface area (Å²) in [5.41, 5.74) is 5.11. The number of imidazole rings is 1. The molecule has 4 heteroatoms. The van der Waals surface area contributed by atoms with E-state index in [0.29, 0.717) is 0 Å². The van der Waals surface area contributed by atoms with Crippen LogP contribution in [0.5, 0.6) is 0 Å². The molecule has 1 aromatic heterocycles. The quantitative estimate of drug-likeness (QED) is 0.289. The van der Waals surface area contributed by atoms with Crippen molar-refractivity contribution in [2.45, 2.75) is 57.7 Å². The highest BCUT2D eigenvalue weighted by atomic mass is 16.1. The zero-order valence-corrected chi connectivity index (χ0v) is 20.0. The predicted molar refractivity (Wildman–Crippen MR) is 140 cm³/mol. The number of hydrogen-bond acceptors (Lipinski definition) is 2. The van der Waals surface area contributed by atoms with E-state index in [1.54, 1.807) is 0 Å². The average molecular weight is 454 g/mol. The maximum Gasteiger partial charge on any atom is 0.329 e. The van der Waals surface area contributed by atoms with E-state index in [2.05, 4.69) is 94.4 Å². The number of nitrogens with zero attached hydrogens (tertiary/aromatic N) is 3. The second-order valence-electron chi connectivity index (χ2n) is 9.58.